The number of ether oxygens (including phenoxy) is 1. The Labute approximate surface area is 111 Å². The quantitative estimate of drug-likeness (QED) is 0.751. The smallest absolute Gasteiger partial charge is 0.146 e. The van der Waals surface area contributed by atoms with Crippen LogP contribution in [0.25, 0.3) is 11.0 Å². The van der Waals surface area contributed by atoms with Gasteiger partial charge in [0.2, 0.25) is 0 Å². The van der Waals surface area contributed by atoms with Gasteiger partial charge in [0.15, 0.2) is 0 Å². The van der Waals surface area contributed by atoms with Crippen molar-refractivity contribution < 1.29 is 4.74 Å². The molecule has 0 unspecified atom stereocenters. The molecular formula is C15H15N3O. The number of benzene rings is 2. The van der Waals surface area contributed by atoms with Gasteiger partial charge in [-0.25, -0.2) is 4.98 Å². The number of fused-ring (bicyclic) bond motifs is 1. The van der Waals surface area contributed by atoms with Crippen LogP contribution in [0.15, 0.2) is 48.5 Å². The van der Waals surface area contributed by atoms with E-state index in [1.165, 1.54) is 0 Å². The van der Waals surface area contributed by atoms with Gasteiger partial charge in [-0.2, -0.15) is 0 Å². The Morgan fingerprint density at radius 3 is 2.84 bits per heavy atom. The maximum Gasteiger partial charge on any atom is 0.146 e. The van der Waals surface area contributed by atoms with Gasteiger partial charge in [0.25, 0.3) is 0 Å². The summed E-state index contributed by atoms with van der Waals surface area (Å²) in [6, 6.07) is 15.7. The van der Waals surface area contributed by atoms with Gasteiger partial charge in [0.05, 0.1) is 11.0 Å². The predicted molar refractivity (Wildman–Crippen MR) is 74.8 cm³/mol. The SMILES string of the molecule is NCc1cccc(OCc2nc3ccccc3[nH]2)c1. The van der Waals surface area contributed by atoms with Gasteiger partial charge < -0.3 is 15.5 Å². The fourth-order valence-corrected chi connectivity index (χ4v) is 1.99. The van der Waals surface area contributed by atoms with E-state index >= 15 is 0 Å². The Morgan fingerprint density at radius 1 is 1.11 bits per heavy atom. The van der Waals surface area contributed by atoms with Gasteiger partial charge in [-0.15, -0.1) is 0 Å². The average molecular weight is 253 g/mol. The first-order valence-corrected chi connectivity index (χ1v) is 6.20. The number of aromatic nitrogens is 2. The second kappa shape index (κ2) is 5.12. The van der Waals surface area contributed by atoms with Crippen molar-refractivity contribution in [2.45, 2.75) is 13.2 Å². The van der Waals surface area contributed by atoms with Crippen molar-refractivity contribution in [1.29, 1.82) is 0 Å². The second-order valence-electron chi connectivity index (χ2n) is 4.34. The third kappa shape index (κ3) is 2.58. The van der Waals surface area contributed by atoms with E-state index in [9.17, 15) is 0 Å². The molecule has 0 aliphatic heterocycles. The van der Waals surface area contributed by atoms with Crippen LogP contribution in [0.2, 0.25) is 0 Å². The van der Waals surface area contributed by atoms with E-state index in [2.05, 4.69) is 9.97 Å². The van der Waals surface area contributed by atoms with Crippen LogP contribution in [0.4, 0.5) is 0 Å². The molecule has 2 aromatic carbocycles. The lowest BCUT2D eigenvalue weighted by atomic mass is 10.2. The van der Waals surface area contributed by atoms with Gasteiger partial charge in [0.1, 0.15) is 18.2 Å². The van der Waals surface area contributed by atoms with Crippen LogP contribution < -0.4 is 10.5 Å². The van der Waals surface area contributed by atoms with Gasteiger partial charge in [-0.3, -0.25) is 0 Å². The van der Waals surface area contributed by atoms with E-state index in [-0.39, 0.29) is 0 Å². The summed E-state index contributed by atoms with van der Waals surface area (Å²) in [5.41, 5.74) is 8.64. The molecule has 19 heavy (non-hydrogen) atoms. The summed E-state index contributed by atoms with van der Waals surface area (Å²) >= 11 is 0. The summed E-state index contributed by atoms with van der Waals surface area (Å²) in [6.07, 6.45) is 0. The first kappa shape index (κ1) is 11.7. The van der Waals surface area contributed by atoms with E-state index in [1.807, 2.05) is 48.5 Å². The largest absolute Gasteiger partial charge is 0.486 e. The normalized spacial score (nSPS) is 10.8. The molecule has 3 rings (SSSR count). The molecule has 4 nitrogen and oxygen atoms in total. The molecule has 0 radical (unpaired) electrons. The Kier molecular flexibility index (Phi) is 3.16. The minimum absolute atomic E-state index is 0.419. The van der Waals surface area contributed by atoms with E-state index < -0.39 is 0 Å². The highest BCUT2D eigenvalue weighted by atomic mass is 16.5. The third-order valence-corrected chi connectivity index (χ3v) is 2.95. The number of rotatable bonds is 4. The summed E-state index contributed by atoms with van der Waals surface area (Å²) in [5, 5.41) is 0. The van der Waals surface area contributed by atoms with E-state index in [1.54, 1.807) is 0 Å². The molecule has 0 aliphatic rings. The lowest BCUT2D eigenvalue weighted by Gasteiger charge is -2.05. The number of nitrogens with zero attached hydrogens (tertiary/aromatic N) is 1. The van der Waals surface area contributed by atoms with Crippen molar-refractivity contribution in [1.82, 2.24) is 9.97 Å². The Morgan fingerprint density at radius 2 is 2.00 bits per heavy atom. The number of nitrogens with two attached hydrogens (primary N) is 1. The third-order valence-electron chi connectivity index (χ3n) is 2.95. The molecule has 0 fully saturated rings. The summed E-state index contributed by atoms with van der Waals surface area (Å²) in [6.45, 7) is 0.935. The average Bonchev–Trinajstić information content (AvgIpc) is 2.88. The van der Waals surface area contributed by atoms with E-state index in [0.29, 0.717) is 13.2 Å². The monoisotopic (exact) mass is 253 g/mol. The van der Waals surface area contributed by atoms with Crippen LogP contribution in [0.1, 0.15) is 11.4 Å². The fraction of sp³-hybridized carbons (Fsp3) is 0.133. The molecule has 4 heteroatoms. The Bertz CT molecular complexity index is 657. The maximum absolute atomic E-state index is 5.71. The zero-order chi connectivity index (χ0) is 13.1. The zero-order valence-electron chi connectivity index (χ0n) is 10.5. The van der Waals surface area contributed by atoms with Gasteiger partial charge >= 0.3 is 0 Å². The Balaban J connectivity index is 1.74. The summed E-state index contributed by atoms with van der Waals surface area (Å²) in [4.78, 5) is 7.70. The van der Waals surface area contributed by atoms with Crippen molar-refractivity contribution in [2.75, 3.05) is 0 Å². The first-order chi connectivity index (χ1) is 9.35. The van der Waals surface area contributed by atoms with E-state index in [4.69, 9.17) is 10.5 Å². The Hall–Kier alpha value is -2.33. The topological polar surface area (TPSA) is 63.9 Å². The van der Waals surface area contributed by atoms with Crippen molar-refractivity contribution in [2.24, 2.45) is 5.73 Å². The fourth-order valence-electron chi connectivity index (χ4n) is 1.99. The molecule has 0 saturated carbocycles. The molecular weight excluding hydrogens is 238 g/mol. The highest BCUT2D eigenvalue weighted by Crippen LogP contribution is 2.15. The van der Waals surface area contributed by atoms with Crippen molar-refractivity contribution in [3.63, 3.8) is 0 Å². The van der Waals surface area contributed by atoms with Gasteiger partial charge in [0, 0.05) is 6.54 Å². The standard InChI is InChI=1S/C15H15N3O/c16-9-11-4-3-5-12(8-11)19-10-15-17-13-6-1-2-7-14(13)18-15/h1-8H,9-10,16H2,(H,17,18). The maximum atomic E-state index is 5.71. The number of H-pyrrole nitrogens is 1. The molecule has 3 aromatic rings. The summed E-state index contributed by atoms with van der Waals surface area (Å²) in [5.74, 6) is 1.63. The lowest BCUT2D eigenvalue weighted by molar-refractivity contribution is 0.297. The summed E-state index contributed by atoms with van der Waals surface area (Å²) < 4.78 is 5.71. The molecule has 3 N–H and O–H groups in total. The van der Waals surface area contributed by atoms with Crippen molar-refractivity contribution in [3.05, 3.63) is 59.9 Å². The molecule has 1 aromatic heterocycles. The number of para-hydroxylation sites is 2. The van der Waals surface area contributed by atoms with Crippen LogP contribution in [0.3, 0.4) is 0 Å². The van der Waals surface area contributed by atoms with Gasteiger partial charge in [-0.1, -0.05) is 24.3 Å². The number of nitrogens with one attached hydrogen (secondary N) is 1. The van der Waals surface area contributed by atoms with Gasteiger partial charge in [-0.05, 0) is 29.8 Å². The number of hydrogen-bond acceptors (Lipinski definition) is 3. The van der Waals surface area contributed by atoms with E-state index in [0.717, 1.165) is 28.2 Å². The highest BCUT2D eigenvalue weighted by Gasteiger charge is 2.03. The molecule has 0 saturated heterocycles. The number of hydrogen-bond donors (Lipinski definition) is 2. The predicted octanol–water partition coefficient (Wildman–Crippen LogP) is 2.60. The molecule has 96 valence electrons. The highest BCUT2D eigenvalue weighted by molar-refractivity contribution is 5.74. The van der Waals surface area contributed by atoms with Crippen molar-refractivity contribution >= 4 is 11.0 Å². The number of aromatic amines is 1. The minimum Gasteiger partial charge on any atom is -0.486 e. The molecule has 0 aliphatic carbocycles. The summed E-state index contributed by atoms with van der Waals surface area (Å²) in [7, 11) is 0. The molecule has 0 atom stereocenters. The molecule has 0 amide bonds. The lowest BCUT2D eigenvalue weighted by Crippen LogP contribution is -1.99. The number of imidazole rings is 1. The molecule has 0 spiro atoms. The zero-order valence-corrected chi connectivity index (χ0v) is 10.5. The van der Waals surface area contributed by atoms with Crippen LogP contribution in [0.5, 0.6) is 5.75 Å². The van der Waals surface area contributed by atoms with Crippen LogP contribution in [-0.2, 0) is 13.2 Å². The van der Waals surface area contributed by atoms with Crippen LogP contribution in [0, 0.1) is 0 Å². The van der Waals surface area contributed by atoms with Crippen LogP contribution >= 0.6 is 0 Å². The minimum atomic E-state index is 0.419. The first-order valence-electron chi connectivity index (χ1n) is 6.20. The van der Waals surface area contributed by atoms with Crippen LogP contribution in [-0.4, -0.2) is 9.97 Å². The second-order valence-corrected chi connectivity index (χ2v) is 4.34. The molecule has 1 heterocycles. The van der Waals surface area contributed by atoms with Crippen molar-refractivity contribution in [3.8, 4) is 5.75 Å². The molecule has 0 bridgehead atoms.